The van der Waals surface area contributed by atoms with E-state index in [1.165, 1.54) is 12.1 Å². The molecule has 164 valence electrons. The van der Waals surface area contributed by atoms with Crippen molar-refractivity contribution in [1.82, 2.24) is 25.8 Å². The molecule has 1 aliphatic heterocycles. The van der Waals surface area contributed by atoms with Crippen molar-refractivity contribution in [3.63, 3.8) is 0 Å². The molecule has 1 amide bonds. The van der Waals surface area contributed by atoms with Crippen LogP contribution in [-0.2, 0) is 6.42 Å². The summed E-state index contributed by atoms with van der Waals surface area (Å²) in [6.07, 6.45) is 5.87. The Bertz CT molecular complexity index is 1120. The Labute approximate surface area is 185 Å². The van der Waals surface area contributed by atoms with Crippen LogP contribution in [0.15, 0.2) is 42.7 Å². The molecule has 0 radical (unpaired) electrons. The number of nitriles is 1. The molecular weight excluding hydrogens is 409 g/mol. The van der Waals surface area contributed by atoms with Gasteiger partial charge in [0.2, 0.25) is 0 Å². The van der Waals surface area contributed by atoms with E-state index in [9.17, 15) is 14.4 Å². The highest BCUT2D eigenvalue weighted by Gasteiger charge is 2.21. The average Bonchev–Trinajstić information content (AvgIpc) is 3.51. The van der Waals surface area contributed by atoms with E-state index in [0.717, 1.165) is 24.9 Å². The Morgan fingerprint density at radius 1 is 1.34 bits per heavy atom. The summed E-state index contributed by atoms with van der Waals surface area (Å²) < 4.78 is 13.5. The maximum Gasteiger partial charge on any atom is 0.255 e. The molecule has 3 heterocycles. The van der Waals surface area contributed by atoms with Crippen LogP contribution < -0.4 is 16.0 Å². The van der Waals surface area contributed by atoms with Gasteiger partial charge in [0.1, 0.15) is 17.7 Å². The molecule has 0 spiro atoms. The van der Waals surface area contributed by atoms with Gasteiger partial charge in [0.05, 0.1) is 23.0 Å². The molecule has 3 aromatic rings. The molecule has 32 heavy (non-hydrogen) atoms. The van der Waals surface area contributed by atoms with E-state index in [1.807, 2.05) is 6.07 Å². The molecule has 1 aliphatic rings. The van der Waals surface area contributed by atoms with E-state index < -0.39 is 0 Å². The Kier molecular flexibility index (Phi) is 6.72. The molecule has 4 N–H and O–H groups in total. The van der Waals surface area contributed by atoms with Crippen LogP contribution in [0, 0.1) is 17.1 Å². The zero-order valence-corrected chi connectivity index (χ0v) is 17.5. The van der Waals surface area contributed by atoms with Crippen molar-refractivity contribution in [2.24, 2.45) is 0 Å². The standard InChI is InChI=1S/C23H24FN7O/c24-18-4-1-3-15(9-18)6-8-27-22-20(23(32)28-14-19-5-2-7-26-19)10-16(11-25)21(31-22)17-12-29-30-13-17/h1,3-4,9-10,12-13,19,26H,2,5-8,14H2,(H,27,31)(H,28,32)(H,29,30)/t19-/m1/s1. The van der Waals surface area contributed by atoms with Crippen LogP contribution in [0.1, 0.15) is 34.3 Å². The molecule has 0 saturated carbocycles. The number of rotatable bonds is 8. The highest BCUT2D eigenvalue weighted by atomic mass is 19.1. The van der Waals surface area contributed by atoms with Crippen molar-refractivity contribution in [3.8, 4) is 17.3 Å². The summed E-state index contributed by atoms with van der Waals surface area (Å²) >= 11 is 0. The number of nitrogens with one attached hydrogen (secondary N) is 4. The summed E-state index contributed by atoms with van der Waals surface area (Å²) in [5, 5.41) is 25.8. The van der Waals surface area contributed by atoms with E-state index in [-0.39, 0.29) is 23.3 Å². The first kappa shape index (κ1) is 21.5. The van der Waals surface area contributed by atoms with Crippen molar-refractivity contribution >= 4 is 11.7 Å². The van der Waals surface area contributed by atoms with Crippen molar-refractivity contribution < 1.29 is 9.18 Å². The molecule has 2 aromatic heterocycles. The third-order valence-corrected chi connectivity index (χ3v) is 5.43. The second-order valence-electron chi connectivity index (χ2n) is 7.69. The summed E-state index contributed by atoms with van der Waals surface area (Å²) in [5.41, 5.74) is 2.50. The second kappa shape index (κ2) is 10.0. The number of hydrogen-bond acceptors (Lipinski definition) is 6. The van der Waals surface area contributed by atoms with Gasteiger partial charge < -0.3 is 16.0 Å². The molecule has 0 bridgehead atoms. The minimum Gasteiger partial charge on any atom is -0.369 e. The fourth-order valence-electron chi connectivity index (χ4n) is 3.77. The SMILES string of the molecule is N#Cc1cc(C(=O)NC[C@H]2CCCN2)c(NCCc2cccc(F)c2)nc1-c1cn[nH]c1. The van der Waals surface area contributed by atoms with Gasteiger partial charge in [0.25, 0.3) is 5.91 Å². The molecule has 1 fully saturated rings. The first-order valence-electron chi connectivity index (χ1n) is 10.6. The van der Waals surface area contributed by atoms with E-state index in [4.69, 9.17) is 0 Å². The van der Waals surface area contributed by atoms with Gasteiger partial charge in [-0.3, -0.25) is 9.89 Å². The predicted octanol–water partition coefficient (Wildman–Crippen LogP) is 2.62. The second-order valence-corrected chi connectivity index (χ2v) is 7.69. The maximum absolute atomic E-state index is 13.5. The van der Waals surface area contributed by atoms with Crippen LogP contribution in [-0.4, -0.2) is 46.8 Å². The molecule has 1 atom stereocenters. The highest BCUT2D eigenvalue weighted by Crippen LogP contribution is 2.25. The van der Waals surface area contributed by atoms with Crippen molar-refractivity contribution in [3.05, 3.63) is 65.2 Å². The zero-order chi connectivity index (χ0) is 22.3. The lowest BCUT2D eigenvalue weighted by atomic mass is 10.1. The molecule has 9 heteroatoms. The van der Waals surface area contributed by atoms with E-state index in [2.05, 4.69) is 37.2 Å². The lowest BCUT2D eigenvalue weighted by Gasteiger charge is -2.16. The van der Waals surface area contributed by atoms with E-state index in [0.29, 0.717) is 42.1 Å². The fourth-order valence-corrected chi connectivity index (χ4v) is 3.77. The smallest absolute Gasteiger partial charge is 0.255 e. The molecule has 1 aromatic carbocycles. The quantitative estimate of drug-likeness (QED) is 0.434. The van der Waals surface area contributed by atoms with Crippen LogP contribution in [0.3, 0.4) is 0 Å². The number of benzene rings is 1. The van der Waals surface area contributed by atoms with Crippen LogP contribution in [0.2, 0.25) is 0 Å². The lowest BCUT2D eigenvalue weighted by molar-refractivity contribution is 0.0951. The molecule has 0 aliphatic carbocycles. The van der Waals surface area contributed by atoms with Crippen LogP contribution in [0.4, 0.5) is 10.2 Å². The Hall–Kier alpha value is -3.77. The first-order chi connectivity index (χ1) is 15.6. The highest BCUT2D eigenvalue weighted by molar-refractivity contribution is 6.00. The minimum atomic E-state index is -0.297. The third-order valence-electron chi connectivity index (χ3n) is 5.43. The lowest BCUT2D eigenvalue weighted by Crippen LogP contribution is -2.37. The van der Waals surface area contributed by atoms with Gasteiger partial charge in [-0.25, -0.2) is 9.37 Å². The van der Waals surface area contributed by atoms with E-state index >= 15 is 0 Å². The van der Waals surface area contributed by atoms with Gasteiger partial charge in [-0.15, -0.1) is 0 Å². The number of anilines is 1. The molecule has 4 rings (SSSR count). The number of H-pyrrole nitrogens is 1. The summed E-state index contributed by atoms with van der Waals surface area (Å²) in [5.74, 6) is -0.218. The van der Waals surface area contributed by atoms with Crippen molar-refractivity contribution in [2.75, 3.05) is 25.0 Å². The van der Waals surface area contributed by atoms with Crippen molar-refractivity contribution in [2.45, 2.75) is 25.3 Å². The number of pyridine rings is 1. The van der Waals surface area contributed by atoms with Gasteiger partial charge in [-0.2, -0.15) is 10.4 Å². The Balaban J connectivity index is 1.57. The Morgan fingerprint density at radius 3 is 2.97 bits per heavy atom. The average molecular weight is 433 g/mol. The maximum atomic E-state index is 13.5. The number of aromatic amines is 1. The Morgan fingerprint density at radius 2 is 2.25 bits per heavy atom. The monoisotopic (exact) mass is 433 g/mol. The zero-order valence-electron chi connectivity index (χ0n) is 17.5. The number of nitrogens with zero attached hydrogens (tertiary/aromatic N) is 3. The van der Waals surface area contributed by atoms with Gasteiger partial charge in [-0.1, -0.05) is 12.1 Å². The van der Waals surface area contributed by atoms with Gasteiger partial charge in [-0.05, 0) is 49.6 Å². The van der Waals surface area contributed by atoms with Crippen molar-refractivity contribution in [1.29, 1.82) is 5.26 Å². The number of hydrogen-bond donors (Lipinski definition) is 4. The molecule has 8 nitrogen and oxygen atoms in total. The van der Waals surface area contributed by atoms with Crippen LogP contribution in [0.25, 0.3) is 11.3 Å². The van der Waals surface area contributed by atoms with E-state index in [1.54, 1.807) is 24.5 Å². The largest absolute Gasteiger partial charge is 0.369 e. The van der Waals surface area contributed by atoms with Crippen LogP contribution >= 0.6 is 0 Å². The number of amides is 1. The fraction of sp³-hybridized carbons (Fsp3) is 0.304. The summed E-state index contributed by atoms with van der Waals surface area (Å²) in [6, 6.07) is 10.3. The minimum absolute atomic E-state index is 0.247. The molecular formula is C23H24FN7O. The number of aromatic nitrogens is 3. The number of carbonyl (C=O) groups excluding carboxylic acids is 1. The molecule has 1 saturated heterocycles. The summed E-state index contributed by atoms with van der Waals surface area (Å²) in [4.78, 5) is 17.6. The predicted molar refractivity (Wildman–Crippen MR) is 118 cm³/mol. The first-order valence-corrected chi connectivity index (χ1v) is 10.6. The third kappa shape index (κ3) is 5.10. The number of halogens is 1. The normalized spacial score (nSPS) is 15.3. The van der Waals surface area contributed by atoms with Gasteiger partial charge in [0, 0.05) is 30.9 Å². The van der Waals surface area contributed by atoms with Gasteiger partial charge in [0.15, 0.2) is 0 Å². The topological polar surface area (TPSA) is 119 Å². The van der Waals surface area contributed by atoms with Crippen LogP contribution in [0.5, 0.6) is 0 Å². The summed E-state index contributed by atoms with van der Waals surface area (Å²) in [6.45, 7) is 1.90. The summed E-state index contributed by atoms with van der Waals surface area (Å²) in [7, 11) is 0. The molecule has 0 unspecified atom stereocenters. The van der Waals surface area contributed by atoms with Gasteiger partial charge >= 0.3 is 0 Å². The number of carbonyl (C=O) groups is 1.